The van der Waals surface area contributed by atoms with E-state index in [0.717, 1.165) is 6.42 Å². The Kier molecular flexibility index (Phi) is 6.03. The molecule has 0 spiro atoms. The normalized spacial score (nSPS) is 14.6. The molecule has 1 rings (SSSR count). The molecule has 0 bridgehead atoms. The monoisotopic (exact) mass is 263 g/mol. The van der Waals surface area contributed by atoms with Crippen LogP contribution in [0.25, 0.3) is 0 Å². The molecule has 0 aromatic heterocycles. The van der Waals surface area contributed by atoms with Gasteiger partial charge in [-0.05, 0) is 24.9 Å². The molecule has 0 amide bonds. The number of carboxylic acids is 1. The molecule has 0 radical (unpaired) electrons. The average molecular weight is 263 g/mol. The van der Waals surface area contributed by atoms with Crippen LogP contribution in [0.1, 0.15) is 38.8 Å². The molecular weight excluding hydrogens is 238 g/mol. The molecule has 0 aliphatic heterocycles. The molecule has 0 heterocycles. The van der Waals surface area contributed by atoms with E-state index >= 15 is 0 Å². The fourth-order valence-electron chi connectivity index (χ4n) is 2.33. The van der Waals surface area contributed by atoms with Gasteiger partial charge in [0, 0.05) is 12.6 Å². The minimum absolute atomic E-state index is 0.281. The summed E-state index contributed by atoms with van der Waals surface area (Å²) in [7, 11) is 2.01. The van der Waals surface area contributed by atoms with Gasteiger partial charge in [0.2, 0.25) is 0 Å². The fraction of sp³-hybridized carbons (Fsp3) is 0.562. The predicted octanol–water partition coefficient (Wildman–Crippen LogP) is 3.43. The van der Waals surface area contributed by atoms with Crippen molar-refractivity contribution < 1.29 is 9.90 Å². The number of nitrogens with zero attached hydrogens (tertiary/aromatic N) is 1. The molecule has 0 saturated heterocycles. The van der Waals surface area contributed by atoms with Crippen molar-refractivity contribution in [2.24, 2.45) is 11.8 Å². The maximum Gasteiger partial charge on any atom is 0.307 e. The van der Waals surface area contributed by atoms with Gasteiger partial charge in [0.05, 0.1) is 5.92 Å². The zero-order valence-electron chi connectivity index (χ0n) is 12.3. The van der Waals surface area contributed by atoms with Crippen molar-refractivity contribution in [2.45, 2.75) is 33.2 Å². The van der Waals surface area contributed by atoms with Crippen LogP contribution in [0, 0.1) is 11.8 Å². The van der Waals surface area contributed by atoms with Gasteiger partial charge < -0.3 is 5.11 Å². The number of hydrogen-bond acceptors (Lipinski definition) is 2. The highest BCUT2D eigenvalue weighted by molar-refractivity contribution is 5.69. The molecule has 1 N–H and O–H groups in total. The molecule has 1 aromatic rings. The van der Waals surface area contributed by atoms with E-state index in [0.29, 0.717) is 12.5 Å². The summed E-state index contributed by atoms with van der Waals surface area (Å²) < 4.78 is 0. The van der Waals surface area contributed by atoms with E-state index in [1.165, 1.54) is 5.56 Å². The van der Waals surface area contributed by atoms with E-state index in [2.05, 4.69) is 30.9 Å². The first-order valence-corrected chi connectivity index (χ1v) is 6.89. The van der Waals surface area contributed by atoms with E-state index in [1.54, 1.807) is 6.92 Å². The third-order valence-corrected chi connectivity index (χ3v) is 3.39. The van der Waals surface area contributed by atoms with Crippen molar-refractivity contribution in [3.8, 4) is 0 Å². The number of aliphatic carboxylic acids is 1. The van der Waals surface area contributed by atoms with E-state index in [1.807, 2.05) is 25.2 Å². The van der Waals surface area contributed by atoms with Gasteiger partial charge >= 0.3 is 5.97 Å². The van der Waals surface area contributed by atoms with Crippen LogP contribution < -0.4 is 0 Å². The maximum absolute atomic E-state index is 11.0. The second-order valence-corrected chi connectivity index (χ2v) is 5.73. The van der Waals surface area contributed by atoms with Gasteiger partial charge in [-0.25, -0.2) is 0 Å². The molecule has 106 valence electrons. The first kappa shape index (κ1) is 15.7. The summed E-state index contributed by atoms with van der Waals surface area (Å²) in [6.45, 7) is 6.73. The molecule has 1 aromatic carbocycles. The predicted molar refractivity (Wildman–Crippen MR) is 78.1 cm³/mol. The van der Waals surface area contributed by atoms with E-state index in [-0.39, 0.29) is 12.0 Å². The molecule has 0 saturated carbocycles. The molecule has 2 unspecified atom stereocenters. The van der Waals surface area contributed by atoms with Gasteiger partial charge in [-0.1, -0.05) is 51.1 Å². The van der Waals surface area contributed by atoms with Crippen LogP contribution in [0.2, 0.25) is 0 Å². The Morgan fingerprint density at radius 1 is 1.21 bits per heavy atom. The summed E-state index contributed by atoms with van der Waals surface area (Å²) >= 11 is 0. The van der Waals surface area contributed by atoms with Gasteiger partial charge in [0.25, 0.3) is 0 Å². The topological polar surface area (TPSA) is 40.5 Å². The molecule has 3 heteroatoms. The van der Waals surface area contributed by atoms with Crippen molar-refractivity contribution in [3.63, 3.8) is 0 Å². The number of carbonyl (C=O) groups is 1. The van der Waals surface area contributed by atoms with Crippen LogP contribution in [0.3, 0.4) is 0 Å². The van der Waals surface area contributed by atoms with Crippen molar-refractivity contribution >= 4 is 5.97 Å². The number of rotatable bonds is 7. The summed E-state index contributed by atoms with van der Waals surface area (Å²) in [6, 6.07) is 10.6. The molecule has 2 atom stereocenters. The Hall–Kier alpha value is -1.35. The van der Waals surface area contributed by atoms with Crippen LogP contribution in [0.5, 0.6) is 0 Å². The highest BCUT2D eigenvalue weighted by Gasteiger charge is 2.22. The van der Waals surface area contributed by atoms with Gasteiger partial charge in [-0.15, -0.1) is 0 Å². The van der Waals surface area contributed by atoms with Crippen LogP contribution in [-0.2, 0) is 4.79 Å². The largest absolute Gasteiger partial charge is 0.481 e. The van der Waals surface area contributed by atoms with E-state index in [9.17, 15) is 4.79 Å². The first-order chi connectivity index (χ1) is 8.91. The molecule has 0 fully saturated rings. The summed E-state index contributed by atoms with van der Waals surface area (Å²) in [5.41, 5.74) is 1.26. The second-order valence-electron chi connectivity index (χ2n) is 5.73. The van der Waals surface area contributed by atoms with Crippen molar-refractivity contribution in [2.75, 3.05) is 13.6 Å². The summed E-state index contributed by atoms with van der Waals surface area (Å²) in [5.74, 6) is -0.501. The van der Waals surface area contributed by atoms with Crippen LogP contribution in [-0.4, -0.2) is 29.6 Å². The highest BCUT2D eigenvalue weighted by Crippen LogP contribution is 2.27. The Balaban J connectivity index is 2.82. The average Bonchev–Trinajstić information content (AvgIpc) is 2.36. The van der Waals surface area contributed by atoms with Crippen molar-refractivity contribution in [3.05, 3.63) is 35.9 Å². The number of carboxylic acid groups (broad SMARTS) is 1. The third-order valence-electron chi connectivity index (χ3n) is 3.39. The second kappa shape index (κ2) is 7.29. The lowest BCUT2D eigenvalue weighted by molar-refractivity contribution is -0.141. The Labute approximate surface area is 116 Å². The summed E-state index contributed by atoms with van der Waals surface area (Å²) in [4.78, 5) is 13.2. The van der Waals surface area contributed by atoms with Crippen LogP contribution in [0.15, 0.2) is 30.3 Å². The smallest absolute Gasteiger partial charge is 0.307 e. The van der Waals surface area contributed by atoms with Crippen molar-refractivity contribution in [1.29, 1.82) is 0 Å². The first-order valence-electron chi connectivity index (χ1n) is 6.89. The zero-order chi connectivity index (χ0) is 14.4. The SMILES string of the molecule is CC(C)CC(c1ccccc1)N(C)CC(C)C(=O)O. The van der Waals surface area contributed by atoms with Crippen LogP contribution in [0.4, 0.5) is 0 Å². The Morgan fingerprint density at radius 2 is 1.79 bits per heavy atom. The van der Waals surface area contributed by atoms with E-state index < -0.39 is 5.97 Å². The molecule has 0 aliphatic carbocycles. The molecular formula is C16H25NO2. The number of hydrogen-bond donors (Lipinski definition) is 1. The summed E-state index contributed by atoms with van der Waals surface area (Å²) in [6.07, 6.45) is 1.03. The quantitative estimate of drug-likeness (QED) is 0.819. The highest BCUT2D eigenvalue weighted by atomic mass is 16.4. The number of benzene rings is 1. The van der Waals surface area contributed by atoms with Crippen LogP contribution >= 0.6 is 0 Å². The van der Waals surface area contributed by atoms with Gasteiger partial charge in [0.15, 0.2) is 0 Å². The Bertz CT molecular complexity index is 389. The Morgan fingerprint density at radius 3 is 2.26 bits per heavy atom. The molecule has 19 heavy (non-hydrogen) atoms. The summed E-state index contributed by atoms with van der Waals surface area (Å²) in [5, 5.41) is 9.04. The maximum atomic E-state index is 11.0. The fourth-order valence-corrected chi connectivity index (χ4v) is 2.33. The lowest BCUT2D eigenvalue weighted by Gasteiger charge is -2.31. The van der Waals surface area contributed by atoms with Gasteiger partial charge in [0.1, 0.15) is 0 Å². The van der Waals surface area contributed by atoms with Gasteiger partial charge in [-0.2, -0.15) is 0 Å². The molecule has 0 aliphatic rings. The van der Waals surface area contributed by atoms with Crippen molar-refractivity contribution in [1.82, 2.24) is 4.90 Å². The lowest BCUT2D eigenvalue weighted by Crippen LogP contribution is -2.32. The van der Waals surface area contributed by atoms with Gasteiger partial charge in [-0.3, -0.25) is 9.69 Å². The zero-order valence-corrected chi connectivity index (χ0v) is 12.3. The molecule has 3 nitrogen and oxygen atoms in total. The lowest BCUT2D eigenvalue weighted by atomic mass is 9.95. The minimum atomic E-state index is -0.733. The third kappa shape index (κ3) is 5.03. The minimum Gasteiger partial charge on any atom is -0.481 e. The van der Waals surface area contributed by atoms with E-state index in [4.69, 9.17) is 5.11 Å². The standard InChI is InChI=1S/C16H25NO2/c1-12(2)10-15(14-8-6-5-7-9-14)17(4)11-13(3)16(18)19/h5-9,12-13,15H,10-11H2,1-4H3,(H,18,19).